The summed E-state index contributed by atoms with van der Waals surface area (Å²) in [4.78, 5) is 10.3. The van der Waals surface area contributed by atoms with Crippen molar-refractivity contribution in [3.8, 4) is 0 Å². The molecule has 0 radical (unpaired) electrons. The Morgan fingerprint density at radius 3 is 2.83 bits per heavy atom. The van der Waals surface area contributed by atoms with Crippen LogP contribution < -0.4 is 0 Å². The van der Waals surface area contributed by atoms with E-state index in [2.05, 4.69) is 26.8 Å². The first-order valence-electron chi connectivity index (χ1n) is 4.68. The fraction of sp³-hybridized carbons (Fsp3) is 0.727. The zero-order chi connectivity index (χ0) is 9.19. The summed E-state index contributed by atoms with van der Waals surface area (Å²) in [5.41, 5.74) is 1.71. The third kappa shape index (κ3) is 1.96. The van der Waals surface area contributed by atoms with Crippen LogP contribution in [0.25, 0.3) is 0 Å². The van der Waals surface area contributed by atoms with Crippen molar-refractivity contribution in [3.63, 3.8) is 0 Å². The van der Waals surface area contributed by atoms with Crippen LogP contribution in [0.15, 0.2) is 11.6 Å². The van der Waals surface area contributed by atoms with E-state index in [9.17, 15) is 4.79 Å². The highest BCUT2D eigenvalue weighted by Gasteiger charge is 2.29. The van der Waals surface area contributed by atoms with Gasteiger partial charge in [0.05, 0.1) is 0 Å². The van der Waals surface area contributed by atoms with Crippen molar-refractivity contribution in [3.05, 3.63) is 11.6 Å². The lowest BCUT2D eigenvalue weighted by molar-refractivity contribution is -0.107. The van der Waals surface area contributed by atoms with E-state index in [0.717, 1.165) is 25.0 Å². The molecule has 1 nitrogen and oxygen atoms in total. The fourth-order valence-corrected chi connectivity index (χ4v) is 1.76. The summed E-state index contributed by atoms with van der Waals surface area (Å²) in [5.74, 6) is 0.743. The summed E-state index contributed by atoms with van der Waals surface area (Å²) < 4.78 is 0. The topological polar surface area (TPSA) is 17.1 Å². The quantitative estimate of drug-likeness (QED) is 0.455. The standard InChI is InChI=1S/C11H18O/c1-9-4-5-10(6-7-12)8-11(9,2)3/h5,7,9H,4,6,8H2,1-3H3/t9-/m0/s1. The minimum Gasteiger partial charge on any atom is -0.303 e. The lowest BCUT2D eigenvalue weighted by Gasteiger charge is -2.35. The fourth-order valence-electron chi connectivity index (χ4n) is 1.76. The van der Waals surface area contributed by atoms with Gasteiger partial charge in [-0.1, -0.05) is 32.4 Å². The largest absolute Gasteiger partial charge is 0.303 e. The van der Waals surface area contributed by atoms with Gasteiger partial charge in [-0.3, -0.25) is 0 Å². The van der Waals surface area contributed by atoms with Crippen LogP contribution in [0.3, 0.4) is 0 Å². The Morgan fingerprint density at radius 2 is 2.33 bits per heavy atom. The zero-order valence-corrected chi connectivity index (χ0v) is 8.26. The van der Waals surface area contributed by atoms with Crippen molar-refractivity contribution < 1.29 is 4.79 Å². The summed E-state index contributed by atoms with van der Waals surface area (Å²) in [6, 6.07) is 0. The first-order valence-corrected chi connectivity index (χ1v) is 4.68. The van der Waals surface area contributed by atoms with Gasteiger partial charge in [0.15, 0.2) is 0 Å². The van der Waals surface area contributed by atoms with Gasteiger partial charge in [0.2, 0.25) is 0 Å². The van der Waals surface area contributed by atoms with Crippen molar-refractivity contribution in [1.29, 1.82) is 0 Å². The van der Waals surface area contributed by atoms with E-state index in [1.165, 1.54) is 5.57 Å². The average Bonchev–Trinajstić information content (AvgIpc) is 1.97. The third-order valence-electron chi connectivity index (χ3n) is 3.12. The molecule has 0 aromatic carbocycles. The molecule has 0 amide bonds. The number of hydrogen-bond acceptors (Lipinski definition) is 1. The smallest absolute Gasteiger partial charge is 0.124 e. The number of aldehydes is 1. The van der Waals surface area contributed by atoms with E-state index in [4.69, 9.17) is 0 Å². The van der Waals surface area contributed by atoms with Gasteiger partial charge < -0.3 is 4.79 Å². The number of allylic oxidation sites excluding steroid dienone is 2. The van der Waals surface area contributed by atoms with E-state index in [0.29, 0.717) is 11.8 Å². The van der Waals surface area contributed by atoms with Crippen LogP contribution in [0.2, 0.25) is 0 Å². The second-order valence-corrected chi connectivity index (χ2v) is 4.54. The molecule has 0 heterocycles. The van der Waals surface area contributed by atoms with Crippen molar-refractivity contribution in [2.75, 3.05) is 0 Å². The van der Waals surface area contributed by atoms with Crippen LogP contribution >= 0.6 is 0 Å². The van der Waals surface area contributed by atoms with E-state index in [-0.39, 0.29) is 0 Å². The number of hydrogen-bond donors (Lipinski definition) is 0. The Bertz CT molecular complexity index is 201. The molecular formula is C11H18O. The predicted octanol–water partition coefficient (Wildman–Crippen LogP) is 2.96. The first kappa shape index (κ1) is 9.50. The molecule has 0 saturated carbocycles. The molecule has 0 saturated heterocycles. The Kier molecular flexibility index (Phi) is 2.71. The Labute approximate surface area is 74.9 Å². The maximum Gasteiger partial charge on any atom is 0.124 e. The average molecular weight is 166 g/mol. The minimum atomic E-state index is 0.382. The molecule has 1 rings (SSSR count). The van der Waals surface area contributed by atoms with Crippen LogP contribution in [-0.2, 0) is 4.79 Å². The molecule has 1 aliphatic rings. The maximum atomic E-state index is 10.3. The number of carbonyl (C=O) groups excluding carboxylic acids is 1. The van der Waals surface area contributed by atoms with Gasteiger partial charge in [0.1, 0.15) is 6.29 Å². The normalized spacial score (nSPS) is 27.9. The lowest BCUT2D eigenvalue weighted by Crippen LogP contribution is -2.25. The molecule has 0 unspecified atom stereocenters. The van der Waals surface area contributed by atoms with Crippen molar-refractivity contribution >= 4 is 6.29 Å². The zero-order valence-electron chi connectivity index (χ0n) is 8.26. The van der Waals surface area contributed by atoms with Crippen LogP contribution in [0.5, 0.6) is 0 Å². The summed E-state index contributed by atoms with van der Waals surface area (Å²) in [7, 11) is 0. The van der Waals surface area contributed by atoms with E-state index >= 15 is 0 Å². The third-order valence-corrected chi connectivity index (χ3v) is 3.12. The second-order valence-electron chi connectivity index (χ2n) is 4.54. The van der Waals surface area contributed by atoms with Gasteiger partial charge in [0.25, 0.3) is 0 Å². The minimum absolute atomic E-state index is 0.382. The Morgan fingerprint density at radius 1 is 1.67 bits per heavy atom. The summed E-state index contributed by atoms with van der Waals surface area (Å²) >= 11 is 0. The SMILES string of the molecule is C[C@H]1CC=C(CC=O)CC1(C)C. The van der Waals surface area contributed by atoms with Crippen LogP contribution in [0, 0.1) is 11.3 Å². The molecule has 0 bridgehead atoms. The molecule has 0 aliphatic heterocycles. The van der Waals surface area contributed by atoms with Gasteiger partial charge in [-0.25, -0.2) is 0 Å². The van der Waals surface area contributed by atoms with Crippen LogP contribution in [-0.4, -0.2) is 6.29 Å². The van der Waals surface area contributed by atoms with Crippen molar-refractivity contribution in [2.45, 2.75) is 40.0 Å². The predicted molar refractivity (Wildman–Crippen MR) is 50.9 cm³/mol. The Balaban J connectivity index is 2.66. The molecule has 1 atom stereocenters. The van der Waals surface area contributed by atoms with E-state index in [1.54, 1.807) is 0 Å². The molecule has 0 fully saturated rings. The first-order chi connectivity index (χ1) is 5.56. The molecule has 1 aliphatic carbocycles. The molecule has 0 aromatic heterocycles. The van der Waals surface area contributed by atoms with E-state index in [1.807, 2.05) is 0 Å². The highest BCUT2D eigenvalue weighted by Crippen LogP contribution is 2.40. The highest BCUT2D eigenvalue weighted by atomic mass is 16.1. The molecule has 12 heavy (non-hydrogen) atoms. The van der Waals surface area contributed by atoms with Gasteiger partial charge in [-0.2, -0.15) is 0 Å². The molecule has 68 valence electrons. The van der Waals surface area contributed by atoms with Gasteiger partial charge in [-0.05, 0) is 24.2 Å². The Hall–Kier alpha value is -0.590. The molecule has 0 aromatic rings. The molecule has 1 heteroatoms. The highest BCUT2D eigenvalue weighted by molar-refractivity contribution is 5.54. The maximum absolute atomic E-state index is 10.3. The monoisotopic (exact) mass is 166 g/mol. The van der Waals surface area contributed by atoms with Crippen molar-refractivity contribution in [1.82, 2.24) is 0 Å². The summed E-state index contributed by atoms with van der Waals surface area (Å²) in [5, 5.41) is 0. The molecule has 0 spiro atoms. The second kappa shape index (κ2) is 3.42. The van der Waals surface area contributed by atoms with Crippen LogP contribution in [0.4, 0.5) is 0 Å². The number of rotatable bonds is 2. The number of carbonyl (C=O) groups is 1. The summed E-state index contributed by atoms with van der Waals surface area (Å²) in [6.45, 7) is 6.86. The van der Waals surface area contributed by atoms with Gasteiger partial charge in [0, 0.05) is 6.42 Å². The molecule has 0 N–H and O–H groups in total. The van der Waals surface area contributed by atoms with Gasteiger partial charge in [-0.15, -0.1) is 0 Å². The van der Waals surface area contributed by atoms with Gasteiger partial charge >= 0.3 is 0 Å². The van der Waals surface area contributed by atoms with E-state index < -0.39 is 0 Å². The summed E-state index contributed by atoms with van der Waals surface area (Å²) in [6.07, 6.45) is 6.11. The van der Waals surface area contributed by atoms with Crippen LogP contribution in [0.1, 0.15) is 40.0 Å². The van der Waals surface area contributed by atoms with Crippen molar-refractivity contribution in [2.24, 2.45) is 11.3 Å². The molecular weight excluding hydrogens is 148 g/mol. The lowest BCUT2D eigenvalue weighted by atomic mass is 9.70.